The van der Waals surface area contributed by atoms with Crippen LogP contribution < -0.4 is 9.80 Å². The molecule has 0 saturated heterocycles. The summed E-state index contributed by atoms with van der Waals surface area (Å²) in [6, 6.07) is 35.0. The number of para-hydroxylation sites is 1. The molecule has 5 nitrogen and oxygen atoms in total. The lowest BCUT2D eigenvalue weighted by Crippen LogP contribution is -2.29. The summed E-state index contributed by atoms with van der Waals surface area (Å²) in [5, 5.41) is 2.12. The Labute approximate surface area is 221 Å². The predicted octanol–water partition coefficient (Wildman–Crippen LogP) is 7.38. The van der Waals surface area contributed by atoms with E-state index in [0.29, 0.717) is 22.4 Å². The van der Waals surface area contributed by atoms with Gasteiger partial charge in [0.1, 0.15) is 0 Å². The van der Waals surface area contributed by atoms with Crippen molar-refractivity contribution >= 4 is 61.5 Å². The van der Waals surface area contributed by atoms with Gasteiger partial charge in [-0.3, -0.25) is 19.3 Å². The zero-order chi connectivity index (χ0) is 25.5. The van der Waals surface area contributed by atoms with E-state index in [-0.39, 0.29) is 17.7 Å². The third-order valence-electron chi connectivity index (χ3n) is 6.43. The van der Waals surface area contributed by atoms with Gasteiger partial charge < -0.3 is 0 Å². The van der Waals surface area contributed by atoms with Gasteiger partial charge in [-0.2, -0.15) is 0 Å². The molecule has 1 aliphatic heterocycles. The number of hydrogen-bond donors (Lipinski definition) is 0. The number of halogens is 1. The normalized spacial score (nSPS) is 12.6. The highest BCUT2D eigenvalue weighted by molar-refractivity contribution is 9.10. The summed E-state index contributed by atoms with van der Waals surface area (Å²) in [5.41, 5.74) is 3.03. The number of rotatable bonds is 4. The fourth-order valence-electron chi connectivity index (χ4n) is 4.61. The smallest absolute Gasteiger partial charge is 0.266 e. The van der Waals surface area contributed by atoms with Crippen molar-refractivity contribution in [2.24, 2.45) is 0 Å². The summed E-state index contributed by atoms with van der Waals surface area (Å²) in [6.07, 6.45) is 0. The molecule has 0 atom stereocenters. The maximum Gasteiger partial charge on any atom is 0.266 e. The van der Waals surface area contributed by atoms with Crippen LogP contribution in [0, 0.1) is 0 Å². The van der Waals surface area contributed by atoms with E-state index in [2.05, 4.69) is 15.9 Å². The molecule has 1 heterocycles. The van der Waals surface area contributed by atoms with Crippen LogP contribution in [0.3, 0.4) is 0 Å². The molecule has 37 heavy (non-hydrogen) atoms. The number of nitrogens with zero attached hydrogens (tertiary/aromatic N) is 2. The molecular formula is C31H19BrN2O3. The Balaban J connectivity index is 1.36. The summed E-state index contributed by atoms with van der Waals surface area (Å²) in [6.45, 7) is 0. The van der Waals surface area contributed by atoms with Crippen LogP contribution in [-0.2, 0) is 0 Å². The Morgan fingerprint density at radius 1 is 0.622 bits per heavy atom. The minimum atomic E-state index is -0.387. The van der Waals surface area contributed by atoms with E-state index in [9.17, 15) is 14.4 Å². The third kappa shape index (κ3) is 4.01. The van der Waals surface area contributed by atoms with Crippen LogP contribution in [0.25, 0.3) is 10.8 Å². The van der Waals surface area contributed by atoms with Crippen molar-refractivity contribution in [1.29, 1.82) is 0 Å². The van der Waals surface area contributed by atoms with Crippen molar-refractivity contribution in [3.8, 4) is 0 Å². The van der Waals surface area contributed by atoms with Crippen molar-refractivity contribution in [3.63, 3.8) is 0 Å². The van der Waals surface area contributed by atoms with Gasteiger partial charge in [0, 0.05) is 21.4 Å². The summed E-state index contributed by atoms with van der Waals surface area (Å²) >= 11 is 3.35. The van der Waals surface area contributed by atoms with Crippen molar-refractivity contribution in [2.45, 2.75) is 0 Å². The van der Waals surface area contributed by atoms with Crippen LogP contribution in [-0.4, -0.2) is 17.7 Å². The Morgan fingerprint density at radius 3 is 2.05 bits per heavy atom. The molecule has 0 N–H and O–H groups in total. The van der Waals surface area contributed by atoms with Gasteiger partial charge in [0.25, 0.3) is 17.7 Å². The lowest BCUT2D eigenvalue weighted by molar-refractivity contribution is 0.0925. The molecule has 6 rings (SSSR count). The van der Waals surface area contributed by atoms with E-state index in [0.717, 1.165) is 31.5 Å². The average Bonchev–Trinajstić information content (AvgIpc) is 3.18. The third-order valence-corrected chi connectivity index (χ3v) is 6.92. The molecule has 0 unspecified atom stereocenters. The molecule has 0 spiro atoms. The first kappa shape index (κ1) is 22.9. The van der Waals surface area contributed by atoms with Crippen molar-refractivity contribution in [3.05, 3.63) is 136 Å². The molecule has 0 radical (unpaired) electrons. The van der Waals surface area contributed by atoms with E-state index < -0.39 is 0 Å². The second-order valence-corrected chi connectivity index (χ2v) is 9.61. The molecule has 1 aliphatic rings. The van der Waals surface area contributed by atoms with Gasteiger partial charge in [0.05, 0.1) is 16.8 Å². The Morgan fingerprint density at radius 2 is 1.30 bits per heavy atom. The fourth-order valence-corrected chi connectivity index (χ4v) is 4.97. The quantitative estimate of drug-likeness (QED) is 0.221. The Kier molecular flexibility index (Phi) is 5.66. The van der Waals surface area contributed by atoms with Gasteiger partial charge in [0.15, 0.2) is 0 Å². The molecule has 5 aromatic rings. The Hall–Kier alpha value is -4.55. The maximum atomic E-state index is 13.8. The molecule has 0 fully saturated rings. The van der Waals surface area contributed by atoms with Gasteiger partial charge in [0.2, 0.25) is 0 Å². The van der Waals surface area contributed by atoms with Gasteiger partial charge >= 0.3 is 0 Å². The van der Waals surface area contributed by atoms with Gasteiger partial charge in [-0.05, 0) is 77.5 Å². The molecule has 178 valence electrons. The largest absolute Gasteiger partial charge is 0.277 e. The zero-order valence-corrected chi connectivity index (χ0v) is 21.1. The fraction of sp³-hybridized carbons (Fsp3) is 0. The topological polar surface area (TPSA) is 57.7 Å². The number of hydrogen-bond acceptors (Lipinski definition) is 3. The second kappa shape index (κ2) is 9.15. The number of amides is 3. The standard InChI is InChI=1S/C31H19BrN2O3/c32-23-13-17-27-28(19-23)31(37)34(30(27)36)25-14-11-21(12-15-25)29(35)33(24-8-2-1-3-9-24)26-16-10-20-6-4-5-7-22(20)18-26/h1-19H. The van der Waals surface area contributed by atoms with Gasteiger partial charge in [-0.15, -0.1) is 0 Å². The Bertz CT molecular complexity index is 1700. The first-order valence-corrected chi connectivity index (χ1v) is 12.5. The summed E-state index contributed by atoms with van der Waals surface area (Å²) < 4.78 is 0.727. The summed E-state index contributed by atoms with van der Waals surface area (Å²) in [5.74, 6) is -0.990. The molecule has 0 aromatic heterocycles. The van der Waals surface area contributed by atoms with E-state index in [1.165, 1.54) is 0 Å². The predicted molar refractivity (Wildman–Crippen MR) is 149 cm³/mol. The van der Waals surface area contributed by atoms with Crippen LogP contribution >= 0.6 is 15.9 Å². The number of fused-ring (bicyclic) bond motifs is 2. The molecule has 3 amide bonds. The first-order chi connectivity index (χ1) is 18.0. The number of benzene rings is 5. The summed E-state index contributed by atoms with van der Waals surface area (Å²) in [4.78, 5) is 42.6. The van der Waals surface area contributed by atoms with Crippen LogP contribution in [0.4, 0.5) is 17.1 Å². The van der Waals surface area contributed by atoms with Gasteiger partial charge in [-0.25, -0.2) is 4.90 Å². The van der Waals surface area contributed by atoms with Crippen LogP contribution in [0.2, 0.25) is 0 Å². The van der Waals surface area contributed by atoms with Crippen molar-refractivity contribution < 1.29 is 14.4 Å². The van der Waals surface area contributed by atoms with Crippen molar-refractivity contribution in [1.82, 2.24) is 0 Å². The van der Waals surface area contributed by atoms with E-state index >= 15 is 0 Å². The molecule has 0 aliphatic carbocycles. The maximum absolute atomic E-state index is 13.8. The first-order valence-electron chi connectivity index (χ1n) is 11.7. The lowest BCUT2D eigenvalue weighted by Gasteiger charge is -2.24. The highest BCUT2D eigenvalue weighted by Crippen LogP contribution is 2.33. The second-order valence-electron chi connectivity index (χ2n) is 8.69. The zero-order valence-electron chi connectivity index (χ0n) is 19.5. The highest BCUT2D eigenvalue weighted by atomic mass is 79.9. The SMILES string of the molecule is O=C1c2ccc(Br)cc2C(=O)N1c1ccc(C(=O)N(c2ccccc2)c2ccc3ccccc3c2)cc1. The molecule has 0 saturated carbocycles. The monoisotopic (exact) mass is 546 g/mol. The van der Waals surface area contributed by atoms with Crippen LogP contribution in [0.5, 0.6) is 0 Å². The van der Waals surface area contributed by atoms with Gasteiger partial charge in [-0.1, -0.05) is 64.5 Å². The van der Waals surface area contributed by atoms with E-state index in [1.54, 1.807) is 47.4 Å². The van der Waals surface area contributed by atoms with E-state index in [1.807, 2.05) is 72.8 Å². The summed E-state index contributed by atoms with van der Waals surface area (Å²) in [7, 11) is 0. The number of anilines is 3. The van der Waals surface area contributed by atoms with Crippen molar-refractivity contribution in [2.75, 3.05) is 9.80 Å². The van der Waals surface area contributed by atoms with Crippen LogP contribution in [0.1, 0.15) is 31.1 Å². The molecule has 0 bridgehead atoms. The van der Waals surface area contributed by atoms with Crippen LogP contribution in [0.15, 0.2) is 120 Å². The number of carbonyl (C=O) groups excluding carboxylic acids is 3. The number of carbonyl (C=O) groups is 3. The average molecular weight is 547 g/mol. The molecule has 6 heteroatoms. The minimum Gasteiger partial charge on any atom is -0.277 e. The number of imide groups is 1. The molecular weight excluding hydrogens is 528 g/mol. The highest BCUT2D eigenvalue weighted by Gasteiger charge is 2.36. The minimum absolute atomic E-state index is 0.223. The lowest BCUT2D eigenvalue weighted by atomic mass is 10.1. The molecule has 5 aromatic carbocycles. The van der Waals surface area contributed by atoms with E-state index in [4.69, 9.17) is 0 Å².